The van der Waals surface area contributed by atoms with Crippen LogP contribution in [0.5, 0.6) is 5.75 Å². The lowest BCUT2D eigenvalue weighted by atomic mass is 10.2. The number of hydrogen-bond acceptors (Lipinski definition) is 3. The van der Waals surface area contributed by atoms with Crippen LogP contribution in [0.1, 0.15) is 16.1 Å². The predicted octanol–water partition coefficient (Wildman–Crippen LogP) is 1.10. The summed E-state index contributed by atoms with van der Waals surface area (Å²) in [4.78, 5) is 14.2. The lowest BCUT2D eigenvalue weighted by molar-refractivity contribution is 0.0690. The van der Waals surface area contributed by atoms with Gasteiger partial charge in [0.15, 0.2) is 5.69 Å². The Morgan fingerprint density at radius 3 is 2.83 bits per heavy atom. The third kappa shape index (κ3) is 1.53. The Morgan fingerprint density at radius 2 is 2.33 bits per heavy atom. The molecule has 0 fully saturated rings. The maximum absolute atomic E-state index is 10.5. The van der Waals surface area contributed by atoms with E-state index in [9.17, 15) is 4.79 Å². The van der Waals surface area contributed by atoms with Crippen LogP contribution in [-0.2, 0) is 0 Å². The minimum absolute atomic E-state index is 0.00236. The minimum atomic E-state index is -1.05. The summed E-state index contributed by atoms with van der Waals surface area (Å²) in [6, 6.07) is 1.40. The molecule has 0 aliphatic rings. The molecule has 0 aromatic carbocycles. The number of aromatic nitrogens is 1. The highest BCUT2D eigenvalue weighted by Gasteiger charge is 2.07. The van der Waals surface area contributed by atoms with Gasteiger partial charge in [-0.3, -0.25) is 0 Å². The number of hydrogen-bond donors (Lipinski definition) is 1. The molecule has 0 radical (unpaired) electrons. The van der Waals surface area contributed by atoms with Crippen LogP contribution < -0.4 is 4.74 Å². The van der Waals surface area contributed by atoms with Crippen molar-refractivity contribution in [2.24, 2.45) is 0 Å². The Kier molecular flexibility index (Phi) is 2.28. The summed E-state index contributed by atoms with van der Waals surface area (Å²) in [7, 11) is 1.49. The molecule has 1 aromatic heterocycles. The van der Waals surface area contributed by atoms with E-state index in [2.05, 4.69) is 4.98 Å². The summed E-state index contributed by atoms with van der Waals surface area (Å²) in [6.07, 6.45) is 1.47. The van der Waals surface area contributed by atoms with Crippen LogP contribution in [0.3, 0.4) is 0 Å². The highest BCUT2D eigenvalue weighted by atomic mass is 16.5. The number of nitrogens with zero attached hydrogens (tertiary/aromatic N) is 1. The first-order chi connectivity index (χ1) is 5.65. The van der Waals surface area contributed by atoms with Gasteiger partial charge in [0, 0.05) is 17.8 Å². The Balaban J connectivity index is 3.13. The SMILES string of the molecule is COc1cc(C(=O)O)ncc1C. The fourth-order valence-electron chi connectivity index (χ4n) is 0.842. The quantitative estimate of drug-likeness (QED) is 0.716. The maximum Gasteiger partial charge on any atom is 0.354 e. The summed E-state index contributed by atoms with van der Waals surface area (Å²) in [5.74, 6) is -0.504. The summed E-state index contributed by atoms with van der Waals surface area (Å²) in [5.41, 5.74) is 0.819. The van der Waals surface area contributed by atoms with Gasteiger partial charge in [0.1, 0.15) is 5.75 Å². The molecule has 0 aliphatic carbocycles. The van der Waals surface area contributed by atoms with E-state index >= 15 is 0 Å². The van der Waals surface area contributed by atoms with E-state index in [1.807, 2.05) is 0 Å². The van der Waals surface area contributed by atoms with Crippen molar-refractivity contribution in [3.05, 3.63) is 23.5 Å². The van der Waals surface area contributed by atoms with Crippen LogP contribution in [0.4, 0.5) is 0 Å². The van der Waals surface area contributed by atoms with Gasteiger partial charge in [0.05, 0.1) is 7.11 Å². The van der Waals surface area contributed by atoms with Gasteiger partial charge >= 0.3 is 5.97 Å². The number of methoxy groups -OCH3 is 1. The lowest BCUT2D eigenvalue weighted by Gasteiger charge is -2.03. The van der Waals surface area contributed by atoms with E-state index in [1.165, 1.54) is 19.4 Å². The molecule has 4 nitrogen and oxygen atoms in total. The molecule has 0 atom stereocenters. The molecule has 1 rings (SSSR count). The molecule has 12 heavy (non-hydrogen) atoms. The predicted molar refractivity (Wildman–Crippen MR) is 42.5 cm³/mol. The zero-order chi connectivity index (χ0) is 9.14. The lowest BCUT2D eigenvalue weighted by Crippen LogP contribution is -2.01. The Morgan fingerprint density at radius 1 is 1.67 bits per heavy atom. The maximum atomic E-state index is 10.5. The molecule has 1 heterocycles. The van der Waals surface area contributed by atoms with Crippen molar-refractivity contribution in [2.45, 2.75) is 6.92 Å². The molecule has 0 aliphatic heterocycles. The van der Waals surface area contributed by atoms with Crippen LogP contribution in [-0.4, -0.2) is 23.2 Å². The van der Waals surface area contributed by atoms with Gasteiger partial charge in [0.25, 0.3) is 0 Å². The normalized spacial score (nSPS) is 9.50. The monoisotopic (exact) mass is 167 g/mol. The molecule has 1 N–H and O–H groups in total. The second kappa shape index (κ2) is 3.21. The van der Waals surface area contributed by atoms with Gasteiger partial charge in [-0.25, -0.2) is 9.78 Å². The molecule has 64 valence electrons. The van der Waals surface area contributed by atoms with Crippen LogP contribution in [0.25, 0.3) is 0 Å². The number of aromatic carboxylic acids is 1. The van der Waals surface area contributed by atoms with Gasteiger partial charge in [0.2, 0.25) is 0 Å². The smallest absolute Gasteiger partial charge is 0.354 e. The molecule has 0 unspecified atom stereocenters. The van der Waals surface area contributed by atoms with Crippen molar-refractivity contribution >= 4 is 5.97 Å². The molecule has 0 bridgehead atoms. The number of carboxylic acids is 1. The van der Waals surface area contributed by atoms with E-state index in [-0.39, 0.29) is 5.69 Å². The number of ether oxygens (including phenoxy) is 1. The molecule has 0 amide bonds. The fraction of sp³-hybridized carbons (Fsp3) is 0.250. The third-order valence-corrected chi connectivity index (χ3v) is 1.49. The van der Waals surface area contributed by atoms with Crippen LogP contribution in [0.15, 0.2) is 12.3 Å². The van der Waals surface area contributed by atoms with Crippen LogP contribution >= 0.6 is 0 Å². The topological polar surface area (TPSA) is 59.4 Å². The molecule has 0 saturated carbocycles. The van der Waals surface area contributed by atoms with E-state index in [0.29, 0.717) is 5.75 Å². The number of aryl methyl sites for hydroxylation is 1. The van der Waals surface area contributed by atoms with Crippen molar-refractivity contribution in [3.8, 4) is 5.75 Å². The minimum Gasteiger partial charge on any atom is -0.496 e. The standard InChI is InChI=1S/C8H9NO3/c1-5-4-9-6(8(10)11)3-7(5)12-2/h3-4H,1-2H3,(H,10,11). The van der Waals surface area contributed by atoms with Gasteiger partial charge in [-0.2, -0.15) is 0 Å². The van der Waals surface area contributed by atoms with Gasteiger partial charge in [-0.05, 0) is 6.92 Å². The largest absolute Gasteiger partial charge is 0.496 e. The molecule has 0 saturated heterocycles. The summed E-state index contributed by atoms with van der Waals surface area (Å²) >= 11 is 0. The highest BCUT2D eigenvalue weighted by Crippen LogP contribution is 2.16. The average Bonchev–Trinajstić information content (AvgIpc) is 2.05. The van der Waals surface area contributed by atoms with Gasteiger partial charge in [-0.1, -0.05) is 0 Å². The molecular formula is C8H9NO3. The summed E-state index contributed by atoms with van der Waals surface area (Å²) in [5, 5.41) is 8.58. The zero-order valence-corrected chi connectivity index (χ0v) is 6.87. The average molecular weight is 167 g/mol. The highest BCUT2D eigenvalue weighted by molar-refractivity contribution is 5.85. The molecule has 1 aromatic rings. The van der Waals surface area contributed by atoms with Crippen molar-refractivity contribution in [2.75, 3.05) is 7.11 Å². The fourth-order valence-corrected chi connectivity index (χ4v) is 0.842. The number of rotatable bonds is 2. The van der Waals surface area contributed by atoms with E-state index < -0.39 is 5.97 Å². The first-order valence-electron chi connectivity index (χ1n) is 3.39. The Hall–Kier alpha value is -1.58. The first-order valence-corrected chi connectivity index (χ1v) is 3.39. The third-order valence-electron chi connectivity index (χ3n) is 1.49. The number of carboxylic acid groups (broad SMARTS) is 1. The molecular weight excluding hydrogens is 158 g/mol. The van der Waals surface area contributed by atoms with Crippen LogP contribution in [0, 0.1) is 6.92 Å². The second-order valence-electron chi connectivity index (χ2n) is 2.34. The van der Waals surface area contributed by atoms with Gasteiger partial charge < -0.3 is 9.84 Å². The Bertz CT molecular complexity index is 309. The van der Waals surface area contributed by atoms with E-state index in [4.69, 9.17) is 9.84 Å². The second-order valence-corrected chi connectivity index (χ2v) is 2.34. The van der Waals surface area contributed by atoms with Crippen LogP contribution in [0.2, 0.25) is 0 Å². The van der Waals surface area contributed by atoms with E-state index in [1.54, 1.807) is 6.92 Å². The first kappa shape index (κ1) is 8.52. The van der Waals surface area contributed by atoms with Crippen molar-refractivity contribution < 1.29 is 14.6 Å². The molecule has 0 spiro atoms. The molecule has 4 heteroatoms. The van der Waals surface area contributed by atoms with Crippen molar-refractivity contribution in [1.29, 1.82) is 0 Å². The summed E-state index contributed by atoms with van der Waals surface area (Å²) < 4.78 is 4.93. The van der Waals surface area contributed by atoms with Crippen molar-refractivity contribution in [3.63, 3.8) is 0 Å². The summed E-state index contributed by atoms with van der Waals surface area (Å²) in [6.45, 7) is 1.80. The van der Waals surface area contributed by atoms with Gasteiger partial charge in [-0.15, -0.1) is 0 Å². The zero-order valence-electron chi connectivity index (χ0n) is 6.87. The number of carbonyl (C=O) groups is 1. The van der Waals surface area contributed by atoms with E-state index in [0.717, 1.165) is 5.56 Å². The Labute approximate surface area is 69.8 Å². The number of pyridine rings is 1. The van der Waals surface area contributed by atoms with Crippen molar-refractivity contribution in [1.82, 2.24) is 4.98 Å².